The van der Waals surface area contributed by atoms with Crippen LogP contribution in [-0.2, 0) is 0 Å². The molecule has 0 spiro atoms. The Kier molecular flexibility index (Phi) is 5.30. The molecule has 1 atom stereocenters. The van der Waals surface area contributed by atoms with Crippen LogP contribution in [0.1, 0.15) is 28.3 Å². The first-order valence-electron chi connectivity index (χ1n) is 6.33. The van der Waals surface area contributed by atoms with Crippen molar-refractivity contribution in [3.63, 3.8) is 0 Å². The molecular weight excluding hydrogens is 401 g/mol. The van der Waals surface area contributed by atoms with Crippen molar-refractivity contribution in [2.75, 3.05) is 7.05 Å². The Labute approximate surface area is 142 Å². The van der Waals surface area contributed by atoms with E-state index in [1.807, 2.05) is 25.2 Å². The average Bonchev–Trinajstić information content (AvgIpc) is 2.40. The number of halogens is 3. The van der Waals surface area contributed by atoms with Gasteiger partial charge in [-0.3, -0.25) is 0 Å². The summed E-state index contributed by atoms with van der Waals surface area (Å²) in [5.74, 6) is 0. The van der Waals surface area contributed by atoms with Gasteiger partial charge in [0.05, 0.1) is 6.04 Å². The molecule has 0 aliphatic carbocycles. The summed E-state index contributed by atoms with van der Waals surface area (Å²) in [4.78, 5) is 0. The number of rotatable bonds is 3. The maximum absolute atomic E-state index is 6.15. The van der Waals surface area contributed by atoms with Gasteiger partial charge < -0.3 is 5.32 Å². The highest BCUT2D eigenvalue weighted by Gasteiger charge is 2.18. The van der Waals surface area contributed by atoms with Crippen LogP contribution in [0, 0.1) is 13.8 Å². The zero-order valence-corrected chi connectivity index (χ0v) is 15.5. The quantitative estimate of drug-likeness (QED) is 0.666. The van der Waals surface area contributed by atoms with E-state index in [1.165, 1.54) is 16.7 Å². The van der Waals surface area contributed by atoms with E-state index in [2.05, 4.69) is 63.2 Å². The molecule has 0 aliphatic rings. The maximum Gasteiger partial charge on any atom is 0.0588 e. The highest BCUT2D eigenvalue weighted by molar-refractivity contribution is 9.10. The molecule has 2 aromatic carbocycles. The van der Waals surface area contributed by atoms with Gasteiger partial charge in [-0.25, -0.2) is 0 Å². The predicted molar refractivity (Wildman–Crippen MR) is 93.7 cm³/mol. The van der Waals surface area contributed by atoms with Crippen LogP contribution < -0.4 is 5.32 Å². The lowest BCUT2D eigenvalue weighted by Crippen LogP contribution is -2.19. The minimum Gasteiger partial charge on any atom is -0.309 e. The summed E-state index contributed by atoms with van der Waals surface area (Å²) >= 11 is 13.3. The molecule has 0 amide bonds. The van der Waals surface area contributed by atoms with E-state index < -0.39 is 0 Å². The second kappa shape index (κ2) is 6.61. The molecule has 0 heterocycles. The lowest BCUT2D eigenvalue weighted by molar-refractivity contribution is 0.684. The second-order valence-electron chi connectivity index (χ2n) is 4.85. The van der Waals surface area contributed by atoms with Crippen molar-refractivity contribution in [3.8, 4) is 0 Å². The summed E-state index contributed by atoms with van der Waals surface area (Å²) < 4.78 is 2.19. The molecule has 0 aliphatic heterocycles. The number of benzene rings is 2. The van der Waals surface area contributed by atoms with Crippen molar-refractivity contribution in [1.29, 1.82) is 0 Å². The Balaban J connectivity index is 2.58. The van der Waals surface area contributed by atoms with E-state index in [-0.39, 0.29) is 6.04 Å². The van der Waals surface area contributed by atoms with Gasteiger partial charge in [-0.2, -0.15) is 0 Å². The molecule has 2 aromatic rings. The van der Waals surface area contributed by atoms with Crippen molar-refractivity contribution in [3.05, 3.63) is 66.6 Å². The zero-order valence-electron chi connectivity index (χ0n) is 11.6. The van der Waals surface area contributed by atoms with Gasteiger partial charge in [-0.05, 0) is 67.4 Å². The van der Waals surface area contributed by atoms with E-state index in [1.54, 1.807) is 0 Å². The lowest BCUT2D eigenvalue weighted by atomic mass is 9.93. The minimum atomic E-state index is 0.106. The molecular formula is C16H16Br2ClN. The Bertz CT molecular complexity index is 641. The third kappa shape index (κ3) is 3.28. The second-order valence-corrected chi connectivity index (χ2v) is 6.99. The van der Waals surface area contributed by atoms with Gasteiger partial charge in [-0.15, -0.1) is 0 Å². The van der Waals surface area contributed by atoms with Gasteiger partial charge in [0.1, 0.15) is 0 Å². The number of hydrogen-bond acceptors (Lipinski definition) is 1. The molecule has 4 heteroatoms. The number of nitrogens with one attached hydrogen (secondary N) is 1. The van der Waals surface area contributed by atoms with E-state index in [9.17, 15) is 0 Å². The third-order valence-corrected chi connectivity index (χ3v) is 5.23. The topological polar surface area (TPSA) is 12.0 Å². The molecule has 20 heavy (non-hydrogen) atoms. The zero-order chi connectivity index (χ0) is 14.9. The van der Waals surface area contributed by atoms with Crippen LogP contribution in [0.15, 0.2) is 39.3 Å². The molecule has 0 saturated carbocycles. The lowest BCUT2D eigenvalue weighted by Gasteiger charge is -2.22. The fourth-order valence-corrected chi connectivity index (χ4v) is 3.44. The highest BCUT2D eigenvalue weighted by atomic mass is 79.9. The van der Waals surface area contributed by atoms with Crippen molar-refractivity contribution in [2.24, 2.45) is 0 Å². The average molecular weight is 418 g/mol. The first kappa shape index (κ1) is 16.0. The molecule has 1 nitrogen and oxygen atoms in total. The summed E-state index contributed by atoms with van der Waals surface area (Å²) in [6, 6.07) is 10.4. The van der Waals surface area contributed by atoms with E-state index in [4.69, 9.17) is 11.6 Å². The molecule has 2 rings (SSSR count). The number of hydrogen-bond donors (Lipinski definition) is 1. The molecule has 0 bridgehead atoms. The van der Waals surface area contributed by atoms with E-state index in [0.29, 0.717) is 0 Å². The largest absolute Gasteiger partial charge is 0.309 e. The fraction of sp³-hybridized carbons (Fsp3) is 0.250. The Hall–Kier alpha value is -0.350. The molecule has 0 saturated heterocycles. The summed E-state index contributed by atoms with van der Waals surface area (Å²) in [5.41, 5.74) is 4.87. The highest BCUT2D eigenvalue weighted by Crippen LogP contribution is 2.34. The van der Waals surface area contributed by atoms with Gasteiger partial charge in [0.25, 0.3) is 0 Å². The molecule has 0 aromatic heterocycles. The van der Waals surface area contributed by atoms with Crippen molar-refractivity contribution < 1.29 is 0 Å². The summed E-state index contributed by atoms with van der Waals surface area (Å²) in [5, 5.41) is 4.13. The summed E-state index contributed by atoms with van der Waals surface area (Å²) in [7, 11) is 1.97. The van der Waals surface area contributed by atoms with Crippen LogP contribution in [0.25, 0.3) is 0 Å². The first-order chi connectivity index (χ1) is 9.43. The maximum atomic E-state index is 6.15. The van der Waals surface area contributed by atoms with Crippen molar-refractivity contribution in [1.82, 2.24) is 5.32 Å². The fourth-order valence-electron chi connectivity index (χ4n) is 2.33. The Morgan fingerprint density at radius 1 is 0.950 bits per heavy atom. The van der Waals surface area contributed by atoms with Crippen LogP contribution >= 0.6 is 43.5 Å². The summed E-state index contributed by atoms with van der Waals surface area (Å²) in [6.07, 6.45) is 0. The van der Waals surface area contributed by atoms with Crippen LogP contribution in [-0.4, -0.2) is 7.05 Å². The smallest absolute Gasteiger partial charge is 0.0588 e. The Morgan fingerprint density at radius 3 is 2.30 bits per heavy atom. The van der Waals surface area contributed by atoms with Gasteiger partial charge in [0, 0.05) is 14.0 Å². The number of aryl methyl sites for hydroxylation is 2. The van der Waals surface area contributed by atoms with Gasteiger partial charge >= 0.3 is 0 Å². The van der Waals surface area contributed by atoms with E-state index in [0.717, 1.165) is 19.5 Å². The minimum absolute atomic E-state index is 0.106. The normalized spacial score (nSPS) is 12.5. The molecule has 0 fully saturated rings. The SMILES string of the molecule is CNC(c1cc(C)c(Br)cc1C)c1cc(Cl)ccc1Br. The summed E-state index contributed by atoms with van der Waals surface area (Å²) in [6.45, 7) is 4.23. The van der Waals surface area contributed by atoms with E-state index >= 15 is 0 Å². The van der Waals surface area contributed by atoms with Crippen LogP contribution in [0.2, 0.25) is 5.02 Å². The van der Waals surface area contributed by atoms with Crippen LogP contribution in [0.5, 0.6) is 0 Å². The van der Waals surface area contributed by atoms with Gasteiger partial charge in [0.2, 0.25) is 0 Å². The van der Waals surface area contributed by atoms with Gasteiger partial charge in [-0.1, -0.05) is 49.5 Å². The Morgan fingerprint density at radius 2 is 1.65 bits per heavy atom. The molecule has 1 unspecified atom stereocenters. The van der Waals surface area contributed by atoms with Crippen LogP contribution in [0.4, 0.5) is 0 Å². The first-order valence-corrected chi connectivity index (χ1v) is 8.29. The third-order valence-electron chi connectivity index (χ3n) is 3.42. The predicted octanol–water partition coefficient (Wildman–Crippen LogP) is 5.79. The van der Waals surface area contributed by atoms with Crippen LogP contribution in [0.3, 0.4) is 0 Å². The molecule has 106 valence electrons. The van der Waals surface area contributed by atoms with Gasteiger partial charge in [0.15, 0.2) is 0 Å². The van der Waals surface area contributed by atoms with Crippen molar-refractivity contribution >= 4 is 43.5 Å². The standard InChI is InChI=1S/C16H16Br2ClN/c1-9-7-15(18)10(2)6-12(9)16(20-3)13-8-11(19)4-5-14(13)17/h4-8,16,20H,1-3H3. The molecule has 1 N–H and O–H groups in total. The van der Waals surface area contributed by atoms with Crippen molar-refractivity contribution in [2.45, 2.75) is 19.9 Å². The monoisotopic (exact) mass is 415 g/mol. The molecule has 0 radical (unpaired) electrons.